The topological polar surface area (TPSA) is 58.2 Å². The van der Waals surface area contributed by atoms with Gasteiger partial charge in [-0.15, -0.1) is 11.3 Å². The fourth-order valence-electron chi connectivity index (χ4n) is 3.68. The Labute approximate surface area is 166 Å². The van der Waals surface area contributed by atoms with Gasteiger partial charge in [-0.1, -0.05) is 24.3 Å². The zero-order chi connectivity index (χ0) is 19.1. The molecule has 1 aliphatic heterocycles. The molecule has 0 saturated heterocycles. The van der Waals surface area contributed by atoms with E-state index < -0.39 is 0 Å². The van der Waals surface area contributed by atoms with Gasteiger partial charge in [0.25, 0.3) is 5.91 Å². The number of amides is 1. The Hall–Kier alpha value is -3.12. The van der Waals surface area contributed by atoms with Crippen molar-refractivity contribution in [3.05, 3.63) is 70.7 Å². The third kappa shape index (κ3) is 2.96. The highest BCUT2D eigenvalue weighted by Gasteiger charge is 2.24. The standard InChI is InChI=1S/C22H19N3O2S/c1-27-17-7-6-16-12-25(9-8-14(16)10-17)22(26)20-13-28-21(24-20)19-11-15-4-2-3-5-18(15)23-19/h2-7,10-11,13,23H,8-9,12H2,1H3. The Bertz CT molecular complexity index is 1140. The van der Waals surface area contributed by atoms with Crippen LogP contribution in [0.3, 0.4) is 0 Å². The number of hydrogen-bond acceptors (Lipinski definition) is 4. The van der Waals surface area contributed by atoms with Gasteiger partial charge in [0.05, 0.1) is 12.8 Å². The van der Waals surface area contributed by atoms with Crippen molar-refractivity contribution in [1.29, 1.82) is 0 Å². The molecule has 0 unspecified atom stereocenters. The second-order valence-corrected chi connectivity index (χ2v) is 7.78. The normalized spacial score (nSPS) is 13.5. The van der Waals surface area contributed by atoms with E-state index in [0.29, 0.717) is 18.8 Å². The first kappa shape index (κ1) is 17.0. The zero-order valence-electron chi connectivity index (χ0n) is 15.4. The number of hydrogen-bond donors (Lipinski definition) is 1. The number of benzene rings is 2. The fraction of sp³-hybridized carbons (Fsp3) is 0.182. The van der Waals surface area contributed by atoms with Crippen LogP contribution in [0.4, 0.5) is 0 Å². The number of H-pyrrole nitrogens is 1. The summed E-state index contributed by atoms with van der Waals surface area (Å²) in [5.74, 6) is 0.848. The Morgan fingerprint density at radius 2 is 2.07 bits per heavy atom. The van der Waals surface area contributed by atoms with Crippen LogP contribution < -0.4 is 4.74 Å². The van der Waals surface area contributed by atoms with Crippen LogP contribution in [-0.2, 0) is 13.0 Å². The van der Waals surface area contributed by atoms with E-state index in [0.717, 1.165) is 33.8 Å². The summed E-state index contributed by atoms with van der Waals surface area (Å²) in [6.45, 7) is 1.30. The molecule has 0 atom stereocenters. The van der Waals surface area contributed by atoms with Crippen LogP contribution in [0.15, 0.2) is 53.9 Å². The van der Waals surface area contributed by atoms with Gasteiger partial charge in [0.15, 0.2) is 0 Å². The highest BCUT2D eigenvalue weighted by Crippen LogP contribution is 2.29. The van der Waals surface area contributed by atoms with Crippen LogP contribution in [0.1, 0.15) is 21.6 Å². The average molecular weight is 389 g/mol. The minimum absolute atomic E-state index is 0.0138. The molecule has 0 saturated carbocycles. The molecule has 0 radical (unpaired) electrons. The van der Waals surface area contributed by atoms with Crippen LogP contribution in [-0.4, -0.2) is 34.4 Å². The molecule has 1 N–H and O–H groups in total. The largest absolute Gasteiger partial charge is 0.497 e. The molecule has 0 bridgehead atoms. The molecule has 2 aromatic heterocycles. The first-order chi connectivity index (χ1) is 13.7. The average Bonchev–Trinajstić information content (AvgIpc) is 3.39. The summed E-state index contributed by atoms with van der Waals surface area (Å²) >= 11 is 1.49. The van der Waals surface area contributed by atoms with E-state index >= 15 is 0 Å². The van der Waals surface area contributed by atoms with Crippen LogP contribution in [0, 0.1) is 0 Å². The molecule has 6 heteroatoms. The molecule has 140 valence electrons. The summed E-state index contributed by atoms with van der Waals surface area (Å²) in [7, 11) is 1.67. The maximum atomic E-state index is 13.0. The van der Waals surface area contributed by atoms with Crippen molar-refractivity contribution in [3.63, 3.8) is 0 Å². The van der Waals surface area contributed by atoms with Gasteiger partial charge >= 0.3 is 0 Å². The molecule has 0 spiro atoms. The number of nitrogens with zero attached hydrogens (tertiary/aromatic N) is 2. The predicted octanol–water partition coefficient (Wildman–Crippen LogP) is 4.50. The highest BCUT2D eigenvalue weighted by atomic mass is 32.1. The fourth-order valence-corrected chi connectivity index (χ4v) is 4.44. The number of carbonyl (C=O) groups is 1. The second-order valence-electron chi connectivity index (χ2n) is 6.92. The minimum atomic E-state index is -0.0138. The maximum absolute atomic E-state index is 13.0. The lowest BCUT2D eigenvalue weighted by atomic mass is 9.99. The Morgan fingerprint density at radius 3 is 2.93 bits per heavy atom. The summed E-state index contributed by atoms with van der Waals surface area (Å²) < 4.78 is 5.30. The van der Waals surface area contributed by atoms with Crippen molar-refractivity contribution in [1.82, 2.24) is 14.9 Å². The van der Waals surface area contributed by atoms with Gasteiger partial charge in [0.1, 0.15) is 16.5 Å². The quantitative estimate of drug-likeness (QED) is 0.561. The summed E-state index contributed by atoms with van der Waals surface area (Å²) in [5.41, 5.74) is 4.95. The highest BCUT2D eigenvalue weighted by molar-refractivity contribution is 7.13. The summed E-state index contributed by atoms with van der Waals surface area (Å²) in [5, 5.41) is 3.83. The molecule has 0 fully saturated rings. The lowest BCUT2D eigenvalue weighted by Gasteiger charge is -2.28. The summed E-state index contributed by atoms with van der Waals surface area (Å²) in [6, 6.07) is 16.3. The molecule has 0 aliphatic carbocycles. The minimum Gasteiger partial charge on any atom is -0.497 e. The second kappa shape index (κ2) is 6.80. The van der Waals surface area contributed by atoms with Crippen LogP contribution in [0.25, 0.3) is 21.6 Å². The number of aromatic amines is 1. The Balaban J connectivity index is 1.37. The van der Waals surface area contributed by atoms with E-state index in [4.69, 9.17) is 4.74 Å². The number of para-hydroxylation sites is 1. The van der Waals surface area contributed by atoms with Crippen molar-refractivity contribution in [3.8, 4) is 16.5 Å². The lowest BCUT2D eigenvalue weighted by molar-refractivity contribution is 0.0729. The molecule has 1 aliphatic rings. The van der Waals surface area contributed by atoms with E-state index in [1.54, 1.807) is 7.11 Å². The molecule has 2 aromatic carbocycles. The number of thiazole rings is 1. The molecule has 5 rings (SSSR count). The van der Waals surface area contributed by atoms with E-state index in [2.05, 4.69) is 28.2 Å². The van der Waals surface area contributed by atoms with Gasteiger partial charge in [-0.05, 0) is 41.8 Å². The Kier molecular flexibility index (Phi) is 4.13. The predicted molar refractivity (Wildman–Crippen MR) is 111 cm³/mol. The number of fused-ring (bicyclic) bond motifs is 2. The first-order valence-electron chi connectivity index (χ1n) is 9.20. The third-order valence-corrected chi connectivity index (χ3v) is 6.07. The van der Waals surface area contributed by atoms with Crippen LogP contribution >= 0.6 is 11.3 Å². The van der Waals surface area contributed by atoms with Gasteiger partial charge in [-0.2, -0.15) is 0 Å². The molecular formula is C22H19N3O2S. The number of aromatic nitrogens is 2. The van der Waals surface area contributed by atoms with Crippen molar-refractivity contribution >= 4 is 28.1 Å². The number of methoxy groups -OCH3 is 1. The number of ether oxygens (including phenoxy) is 1. The number of carbonyl (C=O) groups excluding carboxylic acids is 1. The van der Waals surface area contributed by atoms with Crippen molar-refractivity contribution in [2.45, 2.75) is 13.0 Å². The van der Waals surface area contributed by atoms with Gasteiger partial charge < -0.3 is 14.6 Å². The Morgan fingerprint density at radius 1 is 1.18 bits per heavy atom. The summed E-state index contributed by atoms with van der Waals surface area (Å²) in [6.07, 6.45) is 0.831. The van der Waals surface area contributed by atoms with Crippen molar-refractivity contribution < 1.29 is 9.53 Å². The van der Waals surface area contributed by atoms with E-state index in [1.807, 2.05) is 40.6 Å². The van der Waals surface area contributed by atoms with Crippen LogP contribution in [0.2, 0.25) is 0 Å². The SMILES string of the molecule is COc1ccc2c(c1)CCN(C(=O)c1csc(-c3cc4ccccc4[nH]3)n1)C2. The van der Waals surface area contributed by atoms with Gasteiger partial charge in [-0.3, -0.25) is 4.79 Å². The number of rotatable bonds is 3. The van der Waals surface area contributed by atoms with Crippen LogP contribution in [0.5, 0.6) is 5.75 Å². The molecule has 28 heavy (non-hydrogen) atoms. The first-order valence-corrected chi connectivity index (χ1v) is 10.1. The van der Waals surface area contributed by atoms with Crippen molar-refractivity contribution in [2.75, 3.05) is 13.7 Å². The van der Waals surface area contributed by atoms with E-state index in [9.17, 15) is 4.79 Å². The maximum Gasteiger partial charge on any atom is 0.273 e. The van der Waals surface area contributed by atoms with Crippen molar-refractivity contribution in [2.24, 2.45) is 0 Å². The summed E-state index contributed by atoms with van der Waals surface area (Å²) in [4.78, 5) is 22.8. The monoisotopic (exact) mass is 389 g/mol. The lowest BCUT2D eigenvalue weighted by Crippen LogP contribution is -2.36. The van der Waals surface area contributed by atoms with Gasteiger partial charge in [0, 0.05) is 29.4 Å². The van der Waals surface area contributed by atoms with Gasteiger partial charge in [0.2, 0.25) is 0 Å². The third-order valence-electron chi connectivity index (χ3n) is 5.20. The number of nitrogens with one attached hydrogen (secondary N) is 1. The van der Waals surface area contributed by atoms with E-state index in [1.165, 1.54) is 22.5 Å². The molecule has 5 nitrogen and oxygen atoms in total. The molecule has 4 aromatic rings. The molecule has 1 amide bonds. The van der Waals surface area contributed by atoms with Gasteiger partial charge in [-0.25, -0.2) is 4.98 Å². The zero-order valence-corrected chi connectivity index (χ0v) is 16.3. The smallest absolute Gasteiger partial charge is 0.273 e. The molecular weight excluding hydrogens is 370 g/mol. The van der Waals surface area contributed by atoms with E-state index in [-0.39, 0.29) is 5.91 Å². The molecule has 3 heterocycles.